The molecule has 1 aromatic rings. The lowest BCUT2D eigenvalue weighted by molar-refractivity contribution is -0.150. The molecule has 0 saturated carbocycles. The average Bonchev–Trinajstić information content (AvgIpc) is 2.70. The second kappa shape index (κ2) is 12.3. The molecule has 1 aromatic carbocycles. The molecule has 0 aliphatic carbocycles. The maximum Gasteiger partial charge on any atom is 0.407 e. The minimum atomic E-state index is -1.24. The number of carbonyl (C=O) groups excluding carboxylic acids is 4. The summed E-state index contributed by atoms with van der Waals surface area (Å²) in [5.41, 5.74) is 0.803. The highest BCUT2D eigenvalue weighted by Gasteiger charge is 2.26. The molecule has 10 heteroatoms. The van der Waals surface area contributed by atoms with Crippen molar-refractivity contribution in [2.75, 3.05) is 20.8 Å². The Morgan fingerprint density at radius 2 is 1.71 bits per heavy atom. The third-order valence-electron chi connectivity index (χ3n) is 3.54. The molecule has 0 saturated heterocycles. The number of benzene rings is 1. The van der Waals surface area contributed by atoms with Crippen LogP contribution in [0.15, 0.2) is 30.3 Å². The smallest absolute Gasteiger partial charge is 0.407 e. The van der Waals surface area contributed by atoms with Crippen molar-refractivity contribution in [1.82, 2.24) is 10.6 Å². The Hall–Kier alpha value is -3.14. The highest BCUT2D eigenvalue weighted by molar-refractivity contribution is 5.88. The standard InChI is InChI=1S/C18H24N2O8/c1-26-16(23)9-14(17(24)27-2)20-15(22)8-13(21)10-19-18(25)28-11-12-6-4-3-5-7-12/h3-7,13-14,21H,8-11H2,1-2H3,(H,19,25)(H,20,22)/t13-,14+/m1/s1. The fourth-order valence-electron chi connectivity index (χ4n) is 2.10. The number of alkyl carbamates (subject to hydrolysis) is 1. The van der Waals surface area contributed by atoms with Crippen LogP contribution in [0.2, 0.25) is 0 Å². The SMILES string of the molecule is COC(=O)C[C@H](NC(=O)C[C@@H](O)CNC(=O)OCc1ccccc1)C(=O)OC. The van der Waals surface area contributed by atoms with Gasteiger partial charge in [0.1, 0.15) is 12.6 Å². The van der Waals surface area contributed by atoms with Crippen molar-refractivity contribution in [2.45, 2.75) is 31.6 Å². The molecule has 0 bridgehead atoms. The van der Waals surface area contributed by atoms with E-state index < -0.39 is 48.9 Å². The molecule has 3 N–H and O–H groups in total. The molecule has 2 amide bonds. The lowest BCUT2D eigenvalue weighted by atomic mass is 10.1. The highest BCUT2D eigenvalue weighted by atomic mass is 16.5. The van der Waals surface area contributed by atoms with E-state index in [9.17, 15) is 24.3 Å². The van der Waals surface area contributed by atoms with E-state index in [1.54, 1.807) is 24.3 Å². The molecule has 0 aliphatic rings. The maximum atomic E-state index is 11.9. The first-order valence-electron chi connectivity index (χ1n) is 8.42. The van der Waals surface area contributed by atoms with Gasteiger partial charge >= 0.3 is 18.0 Å². The largest absolute Gasteiger partial charge is 0.469 e. The second-order valence-corrected chi connectivity index (χ2v) is 5.72. The molecular formula is C18H24N2O8. The van der Waals surface area contributed by atoms with E-state index in [1.807, 2.05) is 6.07 Å². The van der Waals surface area contributed by atoms with Crippen LogP contribution in [0.1, 0.15) is 18.4 Å². The molecular weight excluding hydrogens is 372 g/mol. The van der Waals surface area contributed by atoms with E-state index in [1.165, 1.54) is 0 Å². The number of rotatable bonds is 10. The van der Waals surface area contributed by atoms with Crippen LogP contribution >= 0.6 is 0 Å². The van der Waals surface area contributed by atoms with Crippen molar-refractivity contribution in [3.05, 3.63) is 35.9 Å². The zero-order valence-electron chi connectivity index (χ0n) is 15.7. The Balaban J connectivity index is 2.36. The number of aliphatic hydroxyl groups excluding tert-OH is 1. The Labute approximate surface area is 162 Å². The van der Waals surface area contributed by atoms with Crippen molar-refractivity contribution in [3.8, 4) is 0 Å². The van der Waals surface area contributed by atoms with Crippen molar-refractivity contribution in [1.29, 1.82) is 0 Å². The highest BCUT2D eigenvalue weighted by Crippen LogP contribution is 2.02. The molecule has 2 atom stereocenters. The quantitative estimate of drug-likeness (QED) is 0.367. The normalized spacial score (nSPS) is 12.2. The predicted molar refractivity (Wildman–Crippen MR) is 95.8 cm³/mol. The first kappa shape index (κ1) is 22.9. The molecule has 1 rings (SSSR count). The van der Waals surface area contributed by atoms with Gasteiger partial charge in [-0.3, -0.25) is 9.59 Å². The fourth-order valence-corrected chi connectivity index (χ4v) is 2.10. The monoisotopic (exact) mass is 396 g/mol. The molecule has 0 unspecified atom stereocenters. The summed E-state index contributed by atoms with van der Waals surface area (Å²) in [6.07, 6.45) is -2.79. The van der Waals surface area contributed by atoms with Gasteiger partial charge in [-0.2, -0.15) is 0 Å². The third kappa shape index (κ3) is 8.99. The summed E-state index contributed by atoms with van der Waals surface area (Å²) in [7, 11) is 2.25. The van der Waals surface area contributed by atoms with Crippen LogP contribution in [-0.2, 0) is 35.2 Å². The summed E-state index contributed by atoms with van der Waals surface area (Å²) in [4.78, 5) is 46.4. The molecule has 10 nitrogen and oxygen atoms in total. The van der Waals surface area contributed by atoms with Gasteiger partial charge in [0.25, 0.3) is 0 Å². The summed E-state index contributed by atoms with van der Waals surface area (Å²) in [6.45, 7) is -0.168. The number of nitrogens with one attached hydrogen (secondary N) is 2. The lowest BCUT2D eigenvalue weighted by Crippen LogP contribution is -2.45. The van der Waals surface area contributed by atoms with E-state index in [-0.39, 0.29) is 13.2 Å². The van der Waals surface area contributed by atoms with Gasteiger partial charge in [0.15, 0.2) is 0 Å². The summed E-state index contributed by atoms with van der Waals surface area (Å²) in [5.74, 6) is -2.24. The van der Waals surface area contributed by atoms with E-state index >= 15 is 0 Å². The average molecular weight is 396 g/mol. The van der Waals surface area contributed by atoms with Crippen LogP contribution in [0.4, 0.5) is 4.79 Å². The second-order valence-electron chi connectivity index (χ2n) is 5.72. The van der Waals surface area contributed by atoms with Gasteiger partial charge in [0.2, 0.25) is 5.91 Å². The summed E-state index contributed by atoms with van der Waals surface area (Å²) in [6, 6.07) is 7.79. The number of esters is 2. The van der Waals surface area contributed by atoms with Crippen molar-refractivity contribution >= 4 is 23.9 Å². The van der Waals surface area contributed by atoms with Gasteiger partial charge in [0, 0.05) is 6.54 Å². The molecule has 0 aliphatic heterocycles. The molecule has 0 aromatic heterocycles. The zero-order valence-corrected chi connectivity index (χ0v) is 15.7. The first-order valence-corrected chi connectivity index (χ1v) is 8.42. The Bertz CT molecular complexity index is 665. The third-order valence-corrected chi connectivity index (χ3v) is 3.54. The van der Waals surface area contributed by atoms with Crippen LogP contribution in [-0.4, -0.2) is 62.0 Å². The lowest BCUT2D eigenvalue weighted by Gasteiger charge is -2.17. The van der Waals surface area contributed by atoms with E-state index in [0.29, 0.717) is 0 Å². The number of hydrogen-bond donors (Lipinski definition) is 3. The van der Waals surface area contributed by atoms with Gasteiger partial charge in [0.05, 0.1) is 33.2 Å². The number of methoxy groups -OCH3 is 2. The van der Waals surface area contributed by atoms with Gasteiger partial charge < -0.3 is 30.0 Å². The minimum absolute atomic E-state index is 0.0671. The number of aliphatic hydroxyl groups is 1. The number of carbonyl (C=O) groups is 4. The minimum Gasteiger partial charge on any atom is -0.469 e. The van der Waals surface area contributed by atoms with Crippen LogP contribution < -0.4 is 10.6 Å². The summed E-state index contributed by atoms with van der Waals surface area (Å²) in [5, 5.41) is 14.5. The van der Waals surface area contributed by atoms with Crippen molar-refractivity contribution < 1.29 is 38.5 Å². The predicted octanol–water partition coefficient (Wildman–Crippen LogP) is -0.115. The molecule has 0 spiro atoms. The molecule has 0 fully saturated rings. The zero-order chi connectivity index (χ0) is 20.9. The number of ether oxygens (including phenoxy) is 3. The maximum absolute atomic E-state index is 11.9. The first-order chi connectivity index (χ1) is 13.3. The Kier molecular flexibility index (Phi) is 10.0. The fraction of sp³-hybridized carbons (Fsp3) is 0.444. The topological polar surface area (TPSA) is 140 Å². The summed E-state index contributed by atoms with van der Waals surface area (Å²) >= 11 is 0. The molecule has 0 heterocycles. The molecule has 28 heavy (non-hydrogen) atoms. The molecule has 0 radical (unpaired) electrons. The van der Waals surface area contributed by atoms with Crippen LogP contribution in [0.5, 0.6) is 0 Å². The van der Waals surface area contributed by atoms with E-state index in [4.69, 9.17) is 4.74 Å². The van der Waals surface area contributed by atoms with Crippen LogP contribution in [0.25, 0.3) is 0 Å². The van der Waals surface area contributed by atoms with Crippen molar-refractivity contribution in [3.63, 3.8) is 0 Å². The molecule has 154 valence electrons. The number of hydrogen-bond acceptors (Lipinski definition) is 8. The van der Waals surface area contributed by atoms with Crippen molar-refractivity contribution in [2.24, 2.45) is 0 Å². The van der Waals surface area contributed by atoms with Crippen LogP contribution in [0, 0.1) is 0 Å². The van der Waals surface area contributed by atoms with E-state index in [0.717, 1.165) is 19.8 Å². The van der Waals surface area contributed by atoms with Gasteiger partial charge in [-0.05, 0) is 5.56 Å². The van der Waals surface area contributed by atoms with E-state index in [2.05, 4.69) is 20.1 Å². The Morgan fingerprint density at radius 3 is 2.32 bits per heavy atom. The van der Waals surface area contributed by atoms with Gasteiger partial charge in [-0.25, -0.2) is 9.59 Å². The number of amides is 2. The Morgan fingerprint density at radius 1 is 1.04 bits per heavy atom. The van der Waals surface area contributed by atoms with Gasteiger partial charge in [-0.15, -0.1) is 0 Å². The summed E-state index contributed by atoms with van der Waals surface area (Å²) < 4.78 is 13.9. The van der Waals surface area contributed by atoms with Gasteiger partial charge in [-0.1, -0.05) is 30.3 Å². The van der Waals surface area contributed by atoms with Crippen LogP contribution in [0.3, 0.4) is 0 Å².